The number of urea groups is 1. The number of carbonyl (C=O) groups excluding carboxylic acids is 2. The molecule has 1 aliphatic carbocycles. The second kappa shape index (κ2) is 8.37. The van der Waals surface area contributed by atoms with Gasteiger partial charge >= 0.3 is 12.0 Å². The number of hydrogen-bond donors (Lipinski definition) is 2. The highest BCUT2D eigenvalue weighted by atomic mass is 32.2. The minimum atomic E-state index is -0.389. The molecule has 148 valence electrons. The largest absolute Gasteiger partial charge is 0.463 e. The van der Waals surface area contributed by atoms with Crippen LogP contribution in [0.1, 0.15) is 57.0 Å². The van der Waals surface area contributed by atoms with Crippen molar-refractivity contribution in [1.82, 2.24) is 20.2 Å². The molecule has 0 bridgehead atoms. The summed E-state index contributed by atoms with van der Waals surface area (Å²) < 4.78 is 7.52. The van der Waals surface area contributed by atoms with Crippen LogP contribution >= 0.6 is 11.8 Å². The molecular weight excluding hydrogens is 364 g/mol. The molecule has 0 spiro atoms. The first-order chi connectivity index (χ1) is 12.9. The van der Waals surface area contributed by atoms with Gasteiger partial charge in [-0.05, 0) is 40.5 Å². The van der Waals surface area contributed by atoms with Gasteiger partial charge in [0.25, 0.3) is 0 Å². The highest BCUT2D eigenvalue weighted by Crippen LogP contribution is 2.36. The van der Waals surface area contributed by atoms with Crippen LogP contribution in [0.4, 0.5) is 4.79 Å². The van der Waals surface area contributed by atoms with E-state index in [0.717, 1.165) is 10.9 Å². The van der Waals surface area contributed by atoms with Crippen LogP contribution in [-0.2, 0) is 9.53 Å². The Morgan fingerprint density at radius 1 is 1.33 bits per heavy atom. The quantitative estimate of drug-likeness (QED) is 0.573. The molecule has 2 N–H and O–H groups in total. The van der Waals surface area contributed by atoms with E-state index in [1.165, 1.54) is 31.4 Å². The van der Waals surface area contributed by atoms with E-state index < -0.39 is 0 Å². The first kappa shape index (κ1) is 19.8. The summed E-state index contributed by atoms with van der Waals surface area (Å²) in [5, 5.41) is 6.47. The van der Waals surface area contributed by atoms with Gasteiger partial charge < -0.3 is 19.9 Å². The smallest absolute Gasteiger partial charge is 0.337 e. The Kier molecular flexibility index (Phi) is 6.14. The van der Waals surface area contributed by atoms with Crippen LogP contribution in [0.2, 0.25) is 0 Å². The molecule has 1 fully saturated rings. The number of esters is 1. The molecule has 1 saturated carbocycles. The maximum absolute atomic E-state index is 12.4. The minimum absolute atomic E-state index is 0.294. The Balaban J connectivity index is 1.85. The van der Waals surface area contributed by atoms with E-state index in [4.69, 9.17) is 9.72 Å². The van der Waals surface area contributed by atoms with Crippen molar-refractivity contribution in [3.63, 3.8) is 0 Å². The van der Waals surface area contributed by atoms with Gasteiger partial charge in [-0.3, -0.25) is 0 Å². The van der Waals surface area contributed by atoms with E-state index >= 15 is 0 Å². The molecular formula is C19H28N4O3S. The van der Waals surface area contributed by atoms with Gasteiger partial charge in [-0.15, -0.1) is 0 Å². The van der Waals surface area contributed by atoms with Crippen molar-refractivity contribution in [2.75, 3.05) is 12.4 Å². The van der Waals surface area contributed by atoms with Gasteiger partial charge in [0.2, 0.25) is 0 Å². The third kappa shape index (κ3) is 4.15. The minimum Gasteiger partial charge on any atom is -0.463 e. The number of hydrogen-bond acceptors (Lipinski definition) is 5. The second-order valence-electron chi connectivity index (χ2n) is 7.10. The third-order valence-electron chi connectivity index (χ3n) is 5.26. The predicted molar refractivity (Wildman–Crippen MR) is 105 cm³/mol. The normalized spacial score (nSPS) is 20.6. The molecule has 2 amide bonds. The highest BCUT2D eigenvalue weighted by molar-refractivity contribution is 7.99. The van der Waals surface area contributed by atoms with Crippen molar-refractivity contribution in [1.29, 1.82) is 0 Å². The molecule has 1 atom stereocenters. The lowest BCUT2D eigenvalue weighted by Crippen LogP contribution is -2.49. The number of nitrogens with zero attached hydrogens (tertiary/aromatic N) is 2. The monoisotopic (exact) mass is 392 g/mol. The van der Waals surface area contributed by atoms with Crippen LogP contribution in [0.5, 0.6) is 0 Å². The topological polar surface area (TPSA) is 85.2 Å². The number of imidazole rings is 1. The second-order valence-corrected chi connectivity index (χ2v) is 8.04. The number of nitrogens with one attached hydrogen (secondary N) is 2. The lowest BCUT2D eigenvalue weighted by molar-refractivity contribution is -0.138. The molecule has 2 aliphatic rings. The van der Waals surface area contributed by atoms with Crippen LogP contribution in [0.15, 0.2) is 16.4 Å². The molecule has 0 saturated heterocycles. The summed E-state index contributed by atoms with van der Waals surface area (Å²) in [4.78, 5) is 29.0. The molecule has 7 nitrogen and oxygen atoms in total. The Morgan fingerprint density at radius 3 is 2.70 bits per heavy atom. The molecule has 0 aromatic carbocycles. The van der Waals surface area contributed by atoms with Crippen molar-refractivity contribution in [2.45, 2.75) is 70.6 Å². The molecule has 8 heteroatoms. The van der Waals surface area contributed by atoms with E-state index in [9.17, 15) is 9.59 Å². The standard InChI is InChI=1S/C19H28N4O3S/c1-5-26-17(24)16-12(3)20-18(25)22-15(16)10-27-19-21-11(2)13(4)23(19)14-8-6-7-9-14/h12,14H,5-10H2,1-4H3,(H2,20,22,25)/t12-/m1/s1. The molecule has 0 radical (unpaired) electrons. The SMILES string of the molecule is CCOC(=O)C1=C(CSc2nc(C)c(C)n2C2CCCC2)NC(=O)N[C@@H]1C. The van der Waals surface area contributed by atoms with Crippen LogP contribution < -0.4 is 10.6 Å². The molecule has 3 rings (SSSR count). The maximum Gasteiger partial charge on any atom is 0.337 e. The van der Waals surface area contributed by atoms with Crippen molar-refractivity contribution >= 4 is 23.8 Å². The Morgan fingerprint density at radius 2 is 2.04 bits per heavy atom. The average Bonchev–Trinajstić information content (AvgIpc) is 3.21. The summed E-state index contributed by atoms with van der Waals surface area (Å²) in [5.74, 6) is 0.0775. The number of carbonyl (C=O) groups is 2. The summed E-state index contributed by atoms with van der Waals surface area (Å²) in [6.45, 7) is 8.01. The molecule has 1 aromatic heterocycles. The number of amides is 2. The first-order valence-electron chi connectivity index (χ1n) is 9.58. The molecule has 27 heavy (non-hydrogen) atoms. The van der Waals surface area contributed by atoms with E-state index in [2.05, 4.69) is 22.1 Å². The van der Waals surface area contributed by atoms with Gasteiger partial charge in [-0.2, -0.15) is 0 Å². The van der Waals surface area contributed by atoms with Gasteiger partial charge in [0.1, 0.15) is 0 Å². The number of thioether (sulfide) groups is 1. The Bertz CT molecular complexity index is 765. The van der Waals surface area contributed by atoms with Gasteiger partial charge in [0, 0.05) is 23.2 Å². The molecule has 1 aromatic rings. The summed E-state index contributed by atoms with van der Waals surface area (Å²) in [7, 11) is 0. The van der Waals surface area contributed by atoms with Crippen molar-refractivity contribution < 1.29 is 14.3 Å². The first-order valence-corrected chi connectivity index (χ1v) is 10.6. The predicted octanol–water partition coefficient (Wildman–Crippen LogP) is 3.23. The zero-order valence-electron chi connectivity index (χ0n) is 16.4. The third-order valence-corrected chi connectivity index (χ3v) is 6.23. The average molecular weight is 393 g/mol. The fourth-order valence-electron chi connectivity index (χ4n) is 3.82. The van der Waals surface area contributed by atoms with Crippen molar-refractivity contribution in [2.24, 2.45) is 0 Å². The zero-order chi connectivity index (χ0) is 19.6. The fraction of sp³-hybridized carbons (Fsp3) is 0.632. The van der Waals surface area contributed by atoms with Crippen molar-refractivity contribution in [3.05, 3.63) is 22.7 Å². The van der Waals surface area contributed by atoms with Crippen LogP contribution in [0.3, 0.4) is 0 Å². The fourth-order valence-corrected chi connectivity index (χ4v) is 4.95. The van der Waals surface area contributed by atoms with E-state index in [1.54, 1.807) is 25.6 Å². The lowest BCUT2D eigenvalue weighted by atomic mass is 10.1. The van der Waals surface area contributed by atoms with Gasteiger partial charge in [-0.1, -0.05) is 24.6 Å². The maximum atomic E-state index is 12.4. The Labute approximate surface area is 164 Å². The van der Waals surface area contributed by atoms with Crippen molar-refractivity contribution in [3.8, 4) is 0 Å². The van der Waals surface area contributed by atoms with E-state index in [1.807, 2.05) is 6.92 Å². The summed E-state index contributed by atoms with van der Waals surface area (Å²) in [6.07, 6.45) is 4.86. The van der Waals surface area contributed by atoms with Crippen LogP contribution in [-0.4, -0.2) is 40.0 Å². The van der Waals surface area contributed by atoms with E-state index in [-0.39, 0.29) is 18.0 Å². The highest BCUT2D eigenvalue weighted by Gasteiger charge is 2.30. The lowest BCUT2D eigenvalue weighted by Gasteiger charge is -2.26. The van der Waals surface area contributed by atoms with Crippen LogP contribution in [0, 0.1) is 13.8 Å². The summed E-state index contributed by atoms with van der Waals surface area (Å²) in [6, 6.07) is -0.183. The number of rotatable bonds is 6. The van der Waals surface area contributed by atoms with Gasteiger partial charge in [0.05, 0.1) is 23.9 Å². The number of ether oxygens (including phenoxy) is 1. The summed E-state index contributed by atoms with van der Waals surface area (Å²) >= 11 is 1.56. The Hall–Kier alpha value is -1.96. The number of aromatic nitrogens is 2. The van der Waals surface area contributed by atoms with E-state index in [0.29, 0.717) is 29.7 Å². The number of aryl methyl sites for hydroxylation is 1. The van der Waals surface area contributed by atoms with Gasteiger partial charge in [0.15, 0.2) is 5.16 Å². The molecule has 0 unspecified atom stereocenters. The molecule has 1 aliphatic heterocycles. The summed E-state index contributed by atoms with van der Waals surface area (Å²) in [5.41, 5.74) is 3.32. The van der Waals surface area contributed by atoms with Gasteiger partial charge in [-0.25, -0.2) is 14.6 Å². The molecule has 2 heterocycles. The zero-order valence-corrected chi connectivity index (χ0v) is 17.2. The van der Waals surface area contributed by atoms with Crippen LogP contribution in [0.25, 0.3) is 0 Å².